The van der Waals surface area contributed by atoms with E-state index in [1.165, 1.54) is 43.5 Å². The predicted molar refractivity (Wildman–Crippen MR) is 76.7 cm³/mol. The lowest BCUT2D eigenvalue weighted by atomic mass is 9.91. The van der Waals surface area contributed by atoms with Gasteiger partial charge < -0.3 is 5.32 Å². The molecule has 1 aliphatic rings. The highest BCUT2D eigenvalue weighted by Crippen LogP contribution is 2.33. The average Bonchev–Trinajstić information content (AvgIpc) is 2.84. The molecule has 1 aliphatic carbocycles. The minimum Gasteiger partial charge on any atom is -0.317 e. The van der Waals surface area contributed by atoms with Crippen LogP contribution in [0, 0.1) is 11.8 Å². The Morgan fingerprint density at radius 1 is 1.22 bits per heavy atom. The molecule has 0 spiro atoms. The van der Waals surface area contributed by atoms with E-state index in [2.05, 4.69) is 36.3 Å². The van der Waals surface area contributed by atoms with Crippen molar-refractivity contribution in [2.75, 3.05) is 13.1 Å². The minimum atomic E-state index is 0.837. The number of rotatable bonds is 6. The monoisotopic (exact) mass is 246 g/mol. The fourth-order valence-corrected chi connectivity index (χ4v) is 3.03. The molecule has 0 saturated heterocycles. The maximum Gasteiger partial charge on any atom is 0.0406 e. The van der Waals surface area contributed by atoms with Crippen molar-refractivity contribution in [2.24, 2.45) is 11.8 Å². The lowest BCUT2D eigenvalue weighted by molar-refractivity contribution is 0.365. The fraction of sp³-hybridized carbons (Fsp3) is 0.688. The minimum absolute atomic E-state index is 0.837. The number of aryl methyl sites for hydroxylation is 1. The zero-order valence-electron chi connectivity index (χ0n) is 11.8. The van der Waals surface area contributed by atoms with Crippen molar-refractivity contribution < 1.29 is 0 Å². The lowest BCUT2D eigenvalue weighted by Crippen LogP contribution is -2.26. The Hall–Kier alpha value is -0.890. The number of hydrogen-bond donors (Lipinski definition) is 1. The second-order valence-electron chi connectivity index (χ2n) is 5.47. The Kier molecular flexibility index (Phi) is 5.18. The van der Waals surface area contributed by atoms with Crippen molar-refractivity contribution >= 4 is 0 Å². The van der Waals surface area contributed by atoms with Crippen molar-refractivity contribution in [3.8, 4) is 0 Å². The van der Waals surface area contributed by atoms with Gasteiger partial charge in [0.2, 0.25) is 0 Å². The molecule has 2 heteroatoms. The summed E-state index contributed by atoms with van der Waals surface area (Å²) in [5, 5.41) is 3.50. The molecule has 2 rings (SSSR count). The molecular weight excluding hydrogens is 220 g/mol. The van der Waals surface area contributed by atoms with Gasteiger partial charge in [0.05, 0.1) is 0 Å². The summed E-state index contributed by atoms with van der Waals surface area (Å²) < 4.78 is 0. The highest BCUT2D eigenvalue weighted by Gasteiger charge is 2.27. The van der Waals surface area contributed by atoms with Crippen LogP contribution in [-0.4, -0.2) is 18.1 Å². The van der Waals surface area contributed by atoms with Gasteiger partial charge in [0.25, 0.3) is 0 Å². The van der Waals surface area contributed by atoms with Crippen LogP contribution in [0.2, 0.25) is 0 Å². The molecular formula is C16H26N2. The van der Waals surface area contributed by atoms with Crippen molar-refractivity contribution in [1.29, 1.82) is 0 Å². The molecule has 0 aromatic carbocycles. The number of hydrogen-bond acceptors (Lipinski definition) is 2. The van der Waals surface area contributed by atoms with Crippen molar-refractivity contribution in [3.63, 3.8) is 0 Å². The van der Waals surface area contributed by atoms with E-state index in [1.54, 1.807) is 0 Å². The largest absolute Gasteiger partial charge is 0.317 e. The van der Waals surface area contributed by atoms with Crippen LogP contribution in [0.3, 0.4) is 0 Å². The third-order valence-electron chi connectivity index (χ3n) is 4.24. The summed E-state index contributed by atoms with van der Waals surface area (Å²) in [6.07, 6.45) is 8.47. The van der Waals surface area contributed by atoms with Crippen LogP contribution in [-0.2, 0) is 12.8 Å². The summed E-state index contributed by atoms with van der Waals surface area (Å²) in [5.74, 6) is 1.70. The molecule has 2 nitrogen and oxygen atoms in total. The summed E-state index contributed by atoms with van der Waals surface area (Å²) in [6.45, 7) is 6.65. The highest BCUT2D eigenvalue weighted by atomic mass is 14.8. The average molecular weight is 246 g/mol. The van der Waals surface area contributed by atoms with Crippen LogP contribution >= 0.6 is 0 Å². The number of aromatic nitrogens is 1. The Labute approximate surface area is 111 Å². The molecule has 2 unspecified atom stereocenters. The van der Waals surface area contributed by atoms with E-state index in [0.29, 0.717) is 0 Å². The first-order valence-corrected chi connectivity index (χ1v) is 7.48. The molecule has 1 N–H and O–H groups in total. The summed E-state index contributed by atoms with van der Waals surface area (Å²) >= 11 is 0. The second kappa shape index (κ2) is 6.89. The Balaban J connectivity index is 1.90. The third-order valence-corrected chi connectivity index (χ3v) is 4.24. The van der Waals surface area contributed by atoms with Crippen molar-refractivity contribution in [3.05, 3.63) is 29.6 Å². The summed E-state index contributed by atoms with van der Waals surface area (Å²) in [4.78, 5) is 4.61. The topological polar surface area (TPSA) is 24.9 Å². The van der Waals surface area contributed by atoms with Crippen LogP contribution in [0.25, 0.3) is 0 Å². The van der Waals surface area contributed by atoms with Gasteiger partial charge in [0, 0.05) is 11.9 Å². The Morgan fingerprint density at radius 3 is 2.72 bits per heavy atom. The van der Waals surface area contributed by atoms with E-state index in [4.69, 9.17) is 0 Å². The molecule has 1 heterocycles. The predicted octanol–water partition coefficient (Wildman–Crippen LogP) is 3.21. The number of nitrogens with zero attached hydrogens (tertiary/aromatic N) is 1. The number of nitrogens with one attached hydrogen (secondary N) is 1. The first kappa shape index (κ1) is 13.5. The van der Waals surface area contributed by atoms with Crippen LogP contribution < -0.4 is 5.32 Å². The highest BCUT2D eigenvalue weighted by molar-refractivity contribution is 5.14. The lowest BCUT2D eigenvalue weighted by Gasteiger charge is -2.19. The smallest absolute Gasteiger partial charge is 0.0406 e. The Bertz CT molecular complexity index is 345. The molecule has 0 amide bonds. The third kappa shape index (κ3) is 3.55. The summed E-state index contributed by atoms with van der Waals surface area (Å²) in [5.41, 5.74) is 2.62. The molecule has 1 aromatic heterocycles. The second-order valence-corrected chi connectivity index (χ2v) is 5.47. The van der Waals surface area contributed by atoms with E-state index >= 15 is 0 Å². The Morgan fingerprint density at radius 2 is 2.06 bits per heavy atom. The van der Waals surface area contributed by atoms with E-state index in [9.17, 15) is 0 Å². The van der Waals surface area contributed by atoms with Gasteiger partial charge >= 0.3 is 0 Å². The van der Waals surface area contributed by atoms with Gasteiger partial charge in [-0.1, -0.05) is 26.3 Å². The van der Waals surface area contributed by atoms with E-state index < -0.39 is 0 Å². The van der Waals surface area contributed by atoms with E-state index in [-0.39, 0.29) is 0 Å². The fourth-order valence-electron chi connectivity index (χ4n) is 3.03. The van der Waals surface area contributed by atoms with Gasteiger partial charge in [-0.3, -0.25) is 4.98 Å². The first-order valence-electron chi connectivity index (χ1n) is 7.48. The molecule has 1 fully saturated rings. The molecule has 0 aliphatic heterocycles. The van der Waals surface area contributed by atoms with Gasteiger partial charge in [-0.05, 0) is 62.2 Å². The quantitative estimate of drug-likeness (QED) is 0.833. The molecule has 2 atom stereocenters. The van der Waals surface area contributed by atoms with Crippen LogP contribution in [0.15, 0.2) is 18.3 Å². The molecule has 100 valence electrons. The molecule has 0 bridgehead atoms. The molecule has 18 heavy (non-hydrogen) atoms. The van der Waals surface area contributed by atoms with E-state index in [0.717, 1.165) is 24.8 Å². The van der Waals surface area contributed by atoms with Crippen LogP contribution in [0.1, 0.15) is 44.4 Å². The molecule has 0 radical (unpaired) electrons. The van der Waals surface area contributed by atoms with E-state index in [1.807, 2.05) is 6.20 Å². The van der Waals surface area contributed by atoms with Gasteiger partial charge in [-0.15, -0.1) is 0 Å². The summed E-state index contributed by atoms with van der Waals surface area (Å²) in [6, 6.07) is 4.46. The SMILES string of the molecule is CCNCC1CCCC1Cc1ccc(CC)cn1. The molecule has 1 saturated carbocycles. The van der Waals surface area contributed by atoms with Crippen LogP contribution in [0.4, 0.5) is 0 Å². The van der Waals surface area contributed by atoms with Crippen LogP contribution in [0.5, 0.6) is 0 Å². The maximum absolute atomic E-state index is 4.61. The van der Waals surface area contributed by atoms with Gasteiger partial charge in [-0.25, -0.2) is 0 Å². The standard InChI is InChI=1S/C16H26N2/c1-3-13-8-9-16(18-11-13)10-14-6-5-7-15(14)12-17-4-2/h8-9,11,14-15,17H,3-7,10,12H2,1-2H3. The maximum atomic E-state index is 4.61. The zero-order chi connectivity index (χ0) is 12.8. The van der Waals surface area contributed by atoms with Crippen molar-refractivity contribution in [2.45, 2.75) is 46.0 Å². The first-order chi connectivity index (χ1) is 8.83. The zero-order valence-corrected chi connectivity index (χ0v) is 11.8. The number of pyridine rings is 1. The van der Waals surface area contributed by atoms with Gasteiger partial charge in [0.15, 0.2) is 0 Å². The van der Waals surface area contributed by atoms with Gasteiger partial charge in [0.1, 0.15) is 0 Å². The van der Waals surface area contributed by atoms with Gasteiger partial charge in [-0.2, -0.15) is 0 Å². The van der Waals surface area contributed by atoms with Crippen molar-refractivity contribution in [1.82, 2.24) is 10.3 Å². The summed E-state index contributed by atoms with van der Waals surface area (Å²) in [7, 11) is 0. The molecule has 1 aromatic rings. The normalized spacial score (nSPS) is 23.4.